The van der Waals surface area contributed by atoms with Crippen molar-refractivity contribution in [2.45, 2.75) is 190 Å². The normalized spacial score (nSPS) is 29.0. The van der Waals surface area contributed by atoms with Gasteiger partial charge in [-0.2, -0.15) is 0 Å². The second-order valence-corrected chi connectivity index (χ2v) is 31.7. The molecule has 2 amide bonds. The van der Waals surface area contributed by atoms with Crippen molar-refractivity contribution in [3.63, 3.8) is 0 Å². The number of azide groups is 1. The highest BCUT2D eigenvalue weighted by molar-refractivity contribution is 9.09. The predicted molar refractivity (Wildman–Crippen MR) is 410 cm³/mol. The van der Waals surface area contributed by atoms with E-state index < -0.39 is 186 Å². The zero-order valence-electron chi connectivity index (χ0n) is 62.0. The van der Waals surface area contributed by atoms with Crippen LogP contribution in [0.2, 0.25) is 0 Å². The van der Waals surface area contributed by atoms with Gasteiger partial charge in [-0.25, -0.2) is 0 Å². The average Bonchev–Trinajstić information content (AvgIpc) is 0.750. The van der Waals surface area contributed by atoms with E-state index in [9.17, 15) is 29.1 Å². The summed E-state index contributed by atoms with van der Waals surface area (Å²) in [5.74, 6) is -4.47. The monoisotopic (exact) mass is 1780 g/mol. The molecule has 0 radical (unpaired) electrons. The summed E-state index contributed by atoms with van der Waals surface area (Å²) in [6.07, 6.45) is -28.9. The van der Waals surface area contributed by atoms with Gasteiger partial charge in [0.2, 0.25) is 0 Å². The average molecular weight is 1780 g/mol. The van der Waals surface area contributed by atoms with Crippen LogP contribution in [-0.4, -0.2) is 231 Å². The number of amides is 2. The maximum atomic E-state index is 14.8. The molecular weight excluding hydrogens is 1690 g/mol. The van der Waals surface area contributed by atoms with Crippen molar-refractivity contribution in [1.29, 1.82) is 0 Å². The van der Waals surface area contributed by atoms with E-state index in [0.717, 1.165) is 26.3 Å². The summed E-state index contributed by atoms with van der Waals surface area (Å²) in [6, 6.07) is 39.8. The molecule has 3 N–H and O–H groups in total. The Morgan fingerprint density at radius 1 is 0.526 bits per heavy atom. The number of aliphatic hydroxyl groups is 1. The minimum absolute atomic E-state index is 0.0561. The summed E-state index contributed by atoms with van der Waals surface area (Å²) < 4.78 is 125. The third-order valence-corrected chi connectivity index (χ3v) is 20.0. The first-order chi connectivity index (χ1) is 54.9. The molecule has 0 spiro atoms. The second-order valence-electron chi connectivity index (χ2n) is 26.5. The van der Waals surface area contributed by atoms with Gasteiger partial charge < -0.3 is 110 Å². The minimum Gasteiger partial charge on any atom is -0.497 e. The Morgan fingerprint density at radius 3 is 1.61 bits per heavy atom. The number of carbonyl (C=O) groups is 5. The Balaban J connectivity index is 1.12. The number of aliphatic hydroxyl groups excluding tert-OH is 1. The topological polar surface area (TPSA) is 363 Å². The smallest absolute Gasteiger partial charge is 0.303 e. The molecule has 622 valence electrons. The molecule has 38 heteroatoms. The van der Waals surface area contributed by atoms with Gasteiger partial charge in [-0.3, -0.25) is 24.0 Å². The standard InChI is InChI=1S/C76H88BrCl6N5O26/c1-43(89)99-40-54-61(105-44(2)90)65(106-45(3)91)58(92)71(109-54)113-64-57(87-74(94)76(81,82)83)70(108-55-41-103-68(111-60(55)64)50-24-15-8-16-25-50)112-62-53(39-98-35-49-26-28-51(95-4)29-27-49)110-72(67(102-38-48-22-13-7-14-23-48)66(62)101-37-47-20-11-6-12-21-47)114-63-56(86-73(93)75(78,79)80)69(104-42-97-32-17-31-96-33-30-85-88-84)107-52(34-77)59(63)100-36-46-18-9-5-10-19-46/h5-16,18-29,52-72,92H,17,30-42H2,1-4H3,(H,86,93)(H,87,94)/t52-,53-,54-,55-,56-,57-,58-,59-,60-,61+,62+,63-,64-,65-,66+,67-,68?,69-,70+,71+,72-/m1/s1. The molecule has 5 fully saturated rings. The summed E-state index contributed by atoms with van der Waals surface area (Å²) in [5.41, 5.74) is 11.9. The Labute approximate surface area is 695 Å². The van der Waals surface area contributed by atoms with Gasteiger partial charge >= 0.3 is 17.9 Å². The van der Waals surface area contributed by atoms with Crippen LogP contribution in [0.1, 0.15) is 61.3 Å². The van der Waals surface area contributed by atoms with Crippen molar-refractivity contribution in [1.82, 2.24) is 10.6 Å². The molecule has 21 atom stereocenters. The fourth-order valence-electron chi connectivity index (χ4n) is 13.1. The van der Waals surface area contributed by atoms with Crippen LogP contribution in [0, 0.1) is 0 Å². The van der Waals surface area contributed by atoms with Crippen molar-refractivity contribution in [3.8, 4) is 5.75 Å². The Morgan fingerprint density at radius 2 is 1.04 bits per heavy atom. The third kappa shape index (κ3) is 26.3. The number of alkyl halides is 7. The van der Waals surface area contributed by atoms with Crippen LogP contribution in [0.4, 0.5) is 0 Å². The predicted octanol–water partition coefficient (Wildman–Crippen LogP) is 9.74. The van der Waals surface area contributed by atoms with E-state index in [0.29, 0.717) is 34.4 Å². The van der Waals surface area contributed by atoms with Gasteiger partial charge in [-0.1, -0.05) is 224 Å². The summed E-state index contributed by atoms with van der Waals surface area (Å²) in [6.45, 7) is 1.61. The van der Waals surface area contributed by atoms with Gasteiger partial charge in [0.1, 0.15) is 98.4 Å². The summed E-state index contributed by atoms with van der Waals surface area (Å²) in [5, 5.41) is 21.6. The van der Waals surface area contributed by atoms with Crippen LogP contribution in [0.15, 0.2) is 151 Å². The molecule has 5 aliphatic heterocycles. The zero-order chi connectivity index (χ0) is 81.3. The maximum absolute atomic E-state index is 14.8. The van der Waals surface area contributed by atoms with Gasteiger partial charge in [-0.15, -0.1) is 0 Å². The lowest BCUT2D eigenvalue weighted by molar-refractivity contribution is -0.399. The molecule has 0 bridgehead atoms. The van der Waals surface area contributed by atoms with Crippen LogP contribution < -0.4 is 15.4 Å². The van der Waals surface area contributed by atoms with Gasteiger partial charge in [0, 0.05) is 49.7 Å². The van der Waals surface area contributed by atoms with Crippen LogP contribution in [-0.2, 0) is 140 Å². The number of nitrogens with one attached hydrogen (secondary N) is 2. The molecule has 5 heterocycles. The third-order valence-electron chi connectivity index (χ3n) is 18.3. The molecule has 5 aliphatic rings. The number of hydrogen-bond acceptors (Lipinski definition) is 27. The minimum atomic E-state index is -2.75. The van der Waals surface area contributed by atoms with Gasteiger partial charge in [0.25, 0.3) is 19.4 Å². The molecule has 114 heavy (non-hydrogen) atoms. The van der Waals surface area contributed by atoms with E-state index in [1.807, 2.05) is 66.7 Å². The highest BCUT2D eigenvalue weighted by Gasteiger charge is 2.61. The molecule has 5 aromatic carbocycles. The Kier molecular flexibility index (Phi) is 35.5. The van der Waals surface area contributed by atoms with Gasteiger partial charge in [0.05, 0.1) is 66.1 Å². The number of nitrogens with zero attached hydrogens (tertiary/aromatic N) is 3. The number of hydrogen-bond donors (Lipinski definition) is 3. The lowest BCUT2D eigenvalue weighted by Gasteiger charge is -2.53. The number of methoxy groups -OCH3 is 1. The number of esters is 3. The van der Waals surface area contributed by atoms with Crippen molar-refractivity contribution >= 4 is 115 Å². The number of rotatable bonds is 38. The van der Waals surface area contributed by atoms with Crippen LogP contribution >= 0.6 is 85.5 Å². The molecule has 5 aromatic rings. The number of fused-ring (bicyclic) bond motifs is 1. The van der Waals surface area contributed by atoms with Crippen LogP contribution in [0.3, 0.4) is 0 Å². The number of halogens is 7. The maximum Gasteiger partial charge on any atom is 0.303 e. The highest BCUT2D eigenvalue weighted by Crippen LogP contribution is 2.43. The summed E-state index contributed by atoms with van der Waals surface area (Å²) >= 11 is 42.4. The zero-order valence-corrected chi connectivity index (χ0v) is 68.1. The lowest BCUT2D eigenvalue weighted by atomic mass is 9.93. The second kappa shape index (κ2) is 44.8. The number of benzene rings is 5. The van der Waals surface area contributed by atoms with Crippen molar-refractivity contribution < 1.29 is 124 Å². The molecule has 10 rings (SSSR count). The van der Waals surface area contributed by atoms with Crippen molar-refractivity contribution in [3.05, 3.63) is 184 Å². The van der Waals surface area contributed by atoms with Crippen LogP contribution in [0.25, 0.3) is 10.4 Å². The molecule has 31 nitrogen and oxygen atoms in total. The lowest BCUT2D eigenvalue weighted by Crippen LogP contribution is -2.72. The first-order valence-electron chi connectivity index (χ1n) is 36.2. The van der Waals surface area contributed by atoms with Gasteiger partial charge in [-0.05, 0) is 46.3 Å². The molecule has 0 aliphatic carbocycles. The summed E-state index contributed by atoms with van der Waals surface area (Å²) in [7, 11) is 1.53. The SMILES string of the molecule is COc1ccc(COC[C@H]2O[C@H](O[C@@H]3[C@@H](NC(=O)C(Cl)(Cl)Cl)[C@H](OCOCCCOCCN=[N+]=[N-])O[C@H](CBr)[C@H]3OCc3ccccc3)[C@H](OCc3ccccc3)[C@@H](OCc3ccccc3)[C@H]2O[C@@H]2O[C@@H]3COC(c4ccccc4)O[C@H]3[C@H](O[C@@H]3O[C@H](COC(C)=O)[C@H](OC(C)=O)[C@H](OC(C)=O)[C@H]3O)[C@H]2NC(=O)C(Cl)(Cl)Cl)cc1. The van der Waals surface area contributed by atoms with E-state index in [1.54, 1.807) is 78.9 Å². The Hall–Kier alpha value is -5.90. The van der Waals surface area contributed by atoms with Crippen molar-refractivity contribution in [2.24, 2.45) is 5.11 Å². The number of ether oxygens (including phenoxy) is 20. The van der Waals surface area contributed by atoms with E-state index in [4.69, 9.17) is 170 Å². The fourth-order valence-corrected chi connectivity index (χ4v) is 13.9. The first kappa shape index (κ1) is 90.4. The summed E-state index contributed by atoms with van der Waals surface area (Å²) in [4.78, 5) is 70.3. The molecule has 0 saturated carbocycles. The highest BCUT2D eigenvalue weighted by atomic mass is 79.9. The molecule has 0 aromatic heterocycles. The van der Waals surface area contributed by atoms with Crippen molar-refractivity contribution in [2.75, 3.05) is 65.4 Å². The fraction of sp³-hybridized carbons (Fsp3) is 0.539. The first-order valence-corrected chi connectivity index (χ1v) is 39.6. The quantitative estimate of drug-likeness (QED) is 0.00483. The van der Waals surface area contributed by atoms with E-state index in [2.05, 4.69) is 36.6 Å². The number of carbonyl (C=O) groups excluding carboxylic acids is 5. The largest absolute Gasteiger partial charge is 0.497 e. The molecular formula is C76H88BrCl6N5O26. The Bertz CT molecular complexity index is 3860. The van der Waals surface area contributed by atoms with Crippen LogP contribution in [0.5, 0.6) is 5.75 Å². The molecule has 5 saturated heterocycles. The van der Waals surface area contributed by atoms with E-state index in [-0.39, 0.29) is 64.7 Å². The van der Waals surface area contributed by atoms with E-state index >= 15 is 0 Å². The van der Waals surface area contributed by atoms with Gasteiger partial charge in [0.15, 0.2) is 43.7 Å². The molecule has 1 unspecified atom stereocenters. The van der Waals surface area contributed by atoms with E-state index in [1.165, 1.54) is 7.11 Å².